The summed E-state index contributed by atoms with van der Waals surface area (Å²) in [7, 11) is 0. The number of nitrogens with one attached hydrogen (secondary N) is 2. The Kier molecular flexibility index (Phi) is 12.8. The van der Waals surface area contributed by atoms with E-state index < -0.39 is 0 Å². The number of carbonyl (C=O) groups is 1. The molecule has 39 heavy (non-hydrogen) atoms. The average Bonchev–Trinajstić information content (AvgIpc) is 3.46. The summed E-state index contributed by atoms with van der Waals surface area (Å²) >= 11 is 6.57. The number of H-pyrrole nitrogens is 1. The molecule has 0 aliphatic heterocycles. The van der Waals surface area contributed by atoms with Crippen molar-refractivity contribution in [3.05, 3.63) is 35.0 Å². The van der Waals surface area contributed by atoms with Crippen molar-refractivity contribution >= 4 is 28.8 Å². The van der Waals surface area contributed by atoms with E-state index in [9.17, 15) is 4.79 Å². The fourth-order valence-electron chi connectivity index (χ4n) is 5.03. The zero-order valence-electron chi connectivity index (χ0n) is 24.8. The lowest BCUT2D eigenvalue weighted by molar-refractivity contribution is -0.116. The molecule has 6 nitrogen and oxygen atoms in total. The van der Waals surface area contributed by atoms with Crippen LogP contribution in [0.1, 0.15) is 136 Å². The number of anilines is 1. The smallest absolute Gasteiger partial charge is 0.224 e. The number of carbonyl (C=O) groups excluding carboxylic acids is 1. The van der Waals surface area contributed by atoms with E-state index in [1.165, 1.54) is 83.5 Å². The molecule has 1 amide bonds. The predicted octanol–water partition coefficient (Wildman–Crippen LogP) is 9.88. The molecule has 0 saturated carbocycles. The van der Waals surface area contributed by atoms with Crippen molar-refractivity contribution in [1.29, 1.82) is 0 Å². The lowest BCUT2D eigenvalue weighted by Gasteiger charge is -2.16. The van der Waals surface area contributed by atoms with Crippen LogP contribution in [-0.4, -0.2) is 25.7 Å². The highest BCUT2D eigenvalue weighted by molar-refractivity contribution is 6.34. The van der Waals surface area contributed by atoms with Gasteiger partial charge in [-0.25, -0.2) is 4.98 Å². The van der Waals surface area contributed by atoms with Crippen molar-refractivity contribution in [3.63, 3.8) is 0 Å². The van der Waals surface area contributed by atoms with Crippen molar-refractivity contribution < 1.29 is 4.79 Å². The number of halogens is 1. The number of amides is 1. The number of rotatable bonds is 18. The van der Waals surface area contributed by atoms with Crippen molar-refractivity contribution in [3.8, 4) is 11.4 Å². The van der Waals surface area contributed by atoms with Crippen LogP contribution >= 0.6 is 11.6 Å². The van der Waals surface area contributed by atoms with E-state index in [4.69, 9.17) is 11.6 Å². The minimum Gasteiger partial charge on any atom is -0.326 e. The SMILES string of the molecule is CCCCCCCCCCCCCCCCCC(=O)Nc1cccc(-c2nc3c(Cl)c(C(C)(C)C)[nH]n3n2)c1. The maximum atomic E-state index is 12.5. The molecule has 3 rings (SSSR count). The molecule has 0 aliphatic carbocycles. The number of benzene rings is 1. The number of nitrogens with zero attached hydrogens (tertiary/aromatic N) is 3. The third-order valence-electron chi connectivity index (χ3n) is 7.40. The number of hydrogen-bond acceptors (Lipinski definition) is 3. The van der Waals surface area contributed by atoms with E-state index in [0.717, 1.165) is 29.8 Å². The van der Waals surface area contributed by atoms with Crippen molar-refractivity contribution in [2.45, 2.75) is 136 Å². The monoisotopic (exact) mass is 555 g/mol. The highest BCUT2D eigenvalue weighted by Gasteiger charge is 2.24. The summed E-state index contributed by atoms with van der Waals surface area (Å²) in [5, 5.41) is 11.4. The standard InChI is InChI=1S/C32H50ClN5O/c1-5-6-7-8-9-10-11-12-13-14-15-16-17-18-19-23-27(39)34-26-22-20-21-25(24-26)30-35-31-28(33)29(32(2,3)4)36-38(31)37-30/h20-22,24,36H,5-19,23H2,1-4H3,(H,34,39). The highest BCUT2D eigenvalue weighted by Crippen LogP contribution is 2.32. The fraction of sp³-hybridized carbons (Fsp3) is 0.656. The third kappa shape index (κ3) is 10.3. The Morgan fingerprint density at radius 3 is 2.00 bits per heavy atom. The van der Waals surface area contributed by atoms with Gasteiger partial charge >= 0.3 is 0 Å². The number of hydrogen-bond donors (Lipinski definition) is 2. The van der Waals surface area contributed by atoms with Gasteiger partial charge in [-0.05, 0) is 18.6 Å². The van der Waals surface area contributed by atoms with Crippen LogP contribution in [0.4, 0.5) is 5.69 Å². The maximum absolute atomic E-state index is 12.5. The second-order valence-electron chi connectivity index (χ2n) is 12.1. The van der Waals surface area contributed by atoms with Gasteiger partial charge in [-0.1, -0.05) is 141 Å². The molecule has 7 heteroatoms. The molecule has 0 fully saturated rings. The van der Waals surface area contributed by atoms with Crippen LogP contribution in [0.5, 0.6) is 0 Å². The van der Waals surface area contributed by atoms with Crippen molar-refractivity contribution in [2.75, 3.05) is 5.32 Å². The van der Waals surface area contributed by atoms with Gasteiger partial charge in [0.2, 0.25) is 5.91 Å². The molecule has 2 heterocycles. The van der Waals surface area contributed by atoms with E-state index in [1.807, 2.05) is 24.3 Å². The van der Waals surface area contributed by atoms with E-state index in [1.54, 1.807) is 4.63 Å². The molecule has 0 spiro atoms. The van der Waals surface area contributed by atoms with Gasteiger partial charge in [-0.15, -0.1) is 5.10 Å². The van der Waals surface area contributed by atoms with Crippen molar-refractivity contribution in [1.82, 2.24) is 19.8 Å². The number of fused-ring (bicyclic) bond motifs is 1. The lowest BCUT2D eigenvalue weighted by Crippen LogP contribution is -2.13. The Morgan fingerprint density at radius 1 is 0.897 bits per heavy atom. The van der Waals surface area contributed by atoms with Crippen LogP contribution in [0.3, 0.4) is 0 Å². The first-order valence-corrected chi connectivity index (χ1v) is 15.7. The lowest BCUT2D eigenvalue weighted by atomic mass is 9.92. The number of aromatic amines is 1. The average molecular weight is 556 g/mol. The van der Waals surface area contributed by atoms with E-state index in [0.29, 0.717) is 22.9 Å². The zero-order chi connectivity index (χ0) is 28.1. The molecule has 216 valence electrons. The quantitative estimate of drug-likeness (QED) is 0.153. The fourth-order valence-corrected chi connectivity index (χ4v) is 5.48. The summed E-state index contributed by atoms with van der Waals surface area (Å²) in [6.07, 6.45) is 20.4. The van der Waals surface area contributed by atoms with Crippen LogP contribution in [0.25, 0.3) is 17.0 Å². The van der Waals surface area contributed by atoms with Crippen molar-refractivity contribution in [2.24, 2.45) is 0 Å². The molecule has 0 aliphatic rings. The van der Waals surface area contributed by atoms with Crippen LogP contribution in [-0.2, 0) is 10.2 Å². The second-order valence-corrected chi connectivity index (χ2v) is 12.4. The topological polar surface area (TPSA) is 75.1 Å². The molecule has 0 atom stereocenters. The van der Waals surface area contributed by atoms with Crippen LogP contribution < -0.4 is 5.32 Å². The summed E-state index contributed by atoms with van der Waals surface area (Å²) < 4.78 is 1.62. The molecular formula is C32H50ClN5O. The molecule has 3 aromatic rings. The first-order chi connectivity index (χ1) is 18.8. The van der Waals surface area contributed by atoms with Gasteiger partial charge in [0.25, 0.3) is 0 Å². The first kappa shape index (κ1) is 31.2. The Bertz CT molecular complexity index is 1140. The number of unbranched alkanes of at least 4 members (excludes halogenated alkanes) is 14. The van der Waals surface area contributed by atoms with E-state index in [2.05, 4.69) is 48.2 Å². The molecular weight excluding hydrogens is 506 g/mol. The molecule has 0 unspecified atom stereocenters. The van der Waals surface area contributed by atoms with Gasteiger partial charge < -0.3 is 5.32 Å². The van der Waals surface area contributed by atoms with Gasteiger partial charge in [-0.3, -0.25) is 9.89 Å². The highest BCUT2D eigenvalue weighted by atomic mass is 35.5. The molecule has 2 N–H and O–H groups in total. The Hall–Kier alpha value is -2.34. The summed E-state index contributed by atoms with van der Waals surface area (Å²) in [5.74, 6) is 0.631. The summed E-state index contributed by atoms with van der Waals surface area (Å²) in [5.41, 5.74) is 2.99. The molecule has 0 bridgehead atoms. The van der Waals surface area contributed by atoms with Gasteiger partial charge in [0.05, 0.1) is 5.69 Å². The van der Waals surface area contributed by atoms with Gasteiger partial charge in [0.1, 0.15) is 5.02 Å². The van der Waals surface area contributed by atoms with Crippen LogP contribution in [0.2, 0.25) is 5.02 Å². The third-order valence-corrected chi connectivity index (χ3v) is 7.76. The van der Waals surface area contributed by atoms with E-state index >= 15 is 0 Å². The summed E-state index contributed by atoms with van der Waals surface area (Å²) in [6.45, 7) is 8.56. The van der Waals surface area contributed by atoms with Gasteiger partial charge in [-0.2, -0.15) is 4.63 Å². The minimum absolute atomic E-state index is 0.0598. The Labute approximate surface area is 240 Å². The van der Waals surface area contributed by atoms with E-state index in [-0.39, 0.29) is 11.3 Å². The maximum Gasteiger partial charge on any atom is 0.224 e. The Balaban J connectivity index is 1.29. The first-order valence-electron chi connectivity index (χ1n) is 15.3. The van der Waals surface area contributed by atoms with Crippen LogP contribution in [0, 0.1) is 0 Å². The zero-order valence-corrected chi connectivity index (χ0v) is 25.5. The molecule has 0 radical (unpaired) electrons. The summed E-state index contributed by atoms with van der Waals surface area (Å²) in [4.78, 5) is 17.1. The Morgan fingerprint density at radius 2 is 1.46 bits per heavy atom. The predicted molar refractivity (Wildman–Crippen MR) is 165 cm³/mol. The van der Waals surface area contributed by atoms with Gasteiger partial charge in [0, 0.05) is 23.1 Å². The normalized spacial score (nSPS) is 11.9. The summed E-state index contributed by atoms with van der Waals surface area (Å²) in [6, 6.07) is 7.67. The second kappa shape index (κ2) is 16.1. The minimum atomic E-state index is -0.128. The van der Waals surface area contributed by atoms with Gasteiger partial charge in [0.15, 0.2) is 11.5 Å². The van der Waals surface area contributed by atoms with Crippen LogP contribution in [0.15, 0.2) is 24.3 Å². The molecule has 1 aromatic carbocycles. The number of aromatic nitrogens is 4. The largest absolute Gasteiger partial charge is 0.326 e. The molecule has 0 saturated heterocycles. The molecule has 2 aromatic heterocycles.